The van der Waals surface area contributed by atoms with Crippen LogP contribution in [-0.4, -0.2) is 27.5 Å². The summed E-state index contributed by atoms with van der Waals surface area (Å²) < 4.78 is 2.15. The SMILES string of the molecule is Cn1cnc2c1CCN(C/C=C\c1ccccc1)C2. The van der Waals surface area contributed by atoms with Crippen LogP contribution in [0.4, 0.5) is 0 Å². The fourth-order valence-electron chi connectivity index (χ4n) is 2.57. The molecule has 0 aliphatic carbocycles. The fourth-order valence-corrected chi connectivity index (χ4v) is 2.57. The van der Waals surface area contributed by atoms with Gasteiger partial charge in [0.05, 0.1) is 12.0 Å². The summed E-state index contributed by atoms with van der Waals surface area (Å²) >= 11 is 0. The number of imidazole rings is 1. The average Bonchev–Trinajstić information content (AvgIpc) is 2.81. The van der Waals surface area contributed by atoms with Gasteiger partial charge in [0.15, 0.2) is 0 Å². The van der Waals surface area contributed by atoms with E-state index in [0.29, 0.717) is 0 Å². The summed E-state index contributed by atoms with van der Waals surface area (Å²) in [6.45, 7) is 3.08. The molecule has 1 aromatic carbocycles. The number of benzene rings is 1. The molecule has 2 heterocycles. The van der Waals surface area contributed by atoms with E-state index in [1.54, 1.807) is 0 Å². The monoisotopic (exact) mass is 253 g/mol. The maximum absolute atomic E-state index is 4.47. The van der Waals surface area contributed by atoms with Crippen molar-refractivity contribution >= 4 is 6.08 Å². The topological polar surface area (TPSA) is 21.1 Å². The van der Waals surface area contributed by atoms with E-state index < -0.39 is 0 Å². The maximum atomic E-state index is 4.47. The van der Waals surface area contributed by atoms with E-state index in [0.717, 1.165) is 26.1 Å². The van der Waals surface area contributed by atoms with E-state index in [9.17, 15) is 0 Å². The minimum absolute atomic E-state index is 0.968. The van der Waals surface area contributed by atoms with Crippen LogP contribution in [0.15, 0.2) is 42.7 Å². The summed E-state index contributed by atoms with van der Waals surface area (Å²) in [7, 11) is 2.08. The first-order valence-electron chi connectivity index (χ1n) is 6.76. The second kappa shape index (κ2) is 5.41. The molecule has 0 N–H and O–H groups in total. The van der Waals surface area contributed by atoms with Crippen molar-refractivity contribution in [1.82, 2.24) is 14.5 Å². The number of nitrogens with zero attached hydrogens (tertiary/aromatic N) is 3. The first-order valence-corrected chi connectivity index (χ1v) is 6.76. The van der Waals surface area contributed by atoms with E-state index in [4.69, 9.17) is 0 Å². The Labute approximate surface area is 114 Å². The summed E-state index contributed by atoms with van der Waals surface area (Å²) in [5, 5.41) is 0. The maximum Gasteiger partial charge on any atom is 0.0949 e. The quantitative estimate of drug-likeness (QED) is 0.838. The Morgan fingerprint density at radius 2 is 2.11 bits per heavy atom. The molecule has 0 bridgehead atoms. The van der Waals surface area contributed by atoms with Crippen LogP contribution in [0.1, 0.15) is 17.0 Å². The Kier molecular flexibility index (Phi) is 3.47. The minimum atomic E-state index is 0.968. The predicted molar refractivity (Wildman–Crippen MR) is 77.7 cm³/mol. The summed E-state index contributed by atoms with van der Waals surface area (Å²) in [6.07, 6.45) is 7.45. The van der Waals surface area contributed by atoms with Crippen LogP contribution in [0.3, 0.4) is 0 Å². The van der Waals surface area contributed by atoms with Crippen molar-refractivity contribution in [3.63, 3.8) is 0 Å². The van der Waals surface area contributed by atoms with Crippen LogP contribution < -0.4 is 0 Å². The van der Waals surface area contributed by atoms with Crippen LogP contribution in [-0.2, 0) is 20.0 Å². The standard InChI is InChI=1S/C16H19N3/c1-18-13-17-15-12-19(11-9-16(15)18)10-5-8-14-6-3-2-4-7-14/h2-8,13H,9-12H2,1H3/b8-5-. The van der Waals surface area contributed by atoms with E-state index in [1.807, 2.05) is 12.4 Å². The van der Waals surface area contributed by atoms with Gasteiger partial charge in [0.25, 0.3) is 0 Å². The highest BCUT2D eigenvalue weighted by atomic mass is 15.2. The molecule has 0 radical (unpaired) electrons. The Morgan fingerprint density at radius 1 is 1.26 bits per heavy atom. The van der Waals surface area contributed by atoms with E-state index >= 15 is 0 Å². The van der Waals surface area contributed by atoms with Gasteiger partial charge in [-0.25, -0.2) is 4.98 Å². The molecule has 1 aliphatic rings. The number of hydrogen-bond donors (Lipinski definition) is 0. The van der Waals surface area contributed by atoms with Gasteiger partial charge >= 0.3 is 0 Å². The fraction of sp³-hybridized carbons (Fsp3) is 0.312. The lowest BCUT2D eigenvalue weighted by Gasteiger charge is -2.25. The second-order valence-electron chi connectivity index (χ2n) is 5.05. The van der Waals surface area contributed by atoms with Crippen molar-refractivity contribution in [2.75, 3.05) is 13.1 Å². The molecule has 1 aromatic heterocycles. The zero-order valence-electron chi connectivity index (χ0n) is 11.3. The molecule has 19 heavy (non-hydrogen) atoms. The minimum Gasteiger partial charge on any atom is -0.337 e. The molecule has 1 aliphatic heterocycles. The van der Waals surface area contributed by atoms with Gasteiger partial charge in [-0.2, -0.15) is 0 Å². The van der Waals surface area contributed by atoms with Crippen molar-refractivity contribution in [2.45, 2.75) is 13.0 Å². The summed E-state index contributed by atoms with van der Waals surface area (Å²) in [4.78, 5) is 6.91. The van der Waals surface area contributed by atoms with E-state index in [1.165, 1.54) is 17.0 Å². The lowest BCUT2D eigenvalue weighted by atomic mass is 10.1. The van der Waals surface area contributed by atoms with Gasteiger partial charge in [0, 0.05) is 38.8 Å². The van der Waals surface area contributed by atoms with Crippen LogP contribution in [0.2, 0.25) is 0 Å². The van der Waals surface area contributed by atoms with Gasteiger partial charge in [0.2, 0.25) is 0 Å². The molecule has 0 amide bonds. The molecule has 0 saturated carbocycles. The molecule has 98 valence electrons. The molecule has 0 spiro atoms. The van der Waals surface area contributed by atoms with Crippen LogP contribution >= 0.6 is 0 Å². The van der Waals surface area contributed by atoms with Gasteiger partial charge in [-0.1, -0.05) is 42.5 Å². The number of aromatic nitrogens is 2. The lowest BCUT2D eigenvalue weighted by Crippen LogP contribution is -2.31. The number of aryl methyl sites for hydroxylation is 1. The molecular formula is C16H19N3. The smallest absolute Gasteiger partial charge is 0.0949 e. The molecule has 0 fully saturated rings. The highest BCUT2D eigenvalue weighted by Gasteiger charge is 2.18. The second-order valence-corrected chi connectivity index (χ2v) is 5.05. The van der Waals surface area contributed by atoms with Gasteiger partial charge in [-0.05, 0) is 5.56 Å². The van der Waals surface area contributed by atoms with Crippen LogP contribution in [0.5, 0.6) is 0 Å². The van der Waals surface area contributed by atoms with Crippen molar-refractivity contribution in [3.05, 3.63) is 59.7 Å². The summed E-state index contributed by atoms with van der Waals surface area (Å²) in [5.74, 6) is 0. The van der Waals surface area contributed by atoms with E-state index in [-0.39, 0.29) is 0 Å². The van der Waals surface area contributed by atoms with Crippen LogP contribution in [0.25, 0.3) is 6.08 Å². The van der Waals surface area contributed by atoms with Crippen molar-refractivity contribution in [1.29, 1.82) is 0 Å². The van der Waals surface area contributed by atoms with Gasteiger partial charge in [-0.15, -0.1) is 0 Å². The first-order chi connectivity index (χ1) is 9.33. The molecule has 3 heteroatoms. The third-order valence-electron chi connectivity index (χ3n) is 3.66. The summed E-state index contributed by atoms with van der Waals surface area (Å²) in [6, 6.07) is 10.4. The van der Waals surface area contributed by atoms with Crippen LogP contribution in [0, 0.1) is 0 Å². The molecule has 0 unspecified atom stereocenters. The van der Waals surface area contributed by atoms with Gasteiger partial charge < -0.3 is 4.57 Å². The molecule has 0 saturated heterocycles. The number of hydrogen-bond acceptors (Lipinski definition) is 2. The number of fused-ring (bicyclic) bond motifs is 1. The lowest BCUT2D eigenvalue weighted by molar-refractivity contribution is 0.276. The zero-order valence-corrected chi connectivity index (χ0v) is 11.3. The van der Waals surface area contributed by atoms with Crippen molar-refractivity contribution in [2.24, 2.45) is 7.05 Å². The summed E-state index contributed by atoms with van der Waals surface area (Å²) in [5.41, 5.74) is 3.89. The third kappa shape index (κ3) is 2.76. The molecule has 3 rings (SSSR count). The zero-order chi connectivity index (χ0) is 13.1. The van der Waals surface area contributed by atoms with Gasteiger partial charge in [0.1, 0.15) is 0 Å². The first kappa shape index (κ1) is 12.2. The van der Waals surface area contributed by atoms with E-state index in [2.05, 4.69) is 57.9 Å². The van der Waals surface area contributed by atoms with Crippen molar-refractivity contribution < 1.29 is 0 Å². The highest BCUT2D eigenvalue weighted by molar-refractivity contribution is 5.48. The van der Waals surface area contributed by atoms with Gasteiger partial charge in [-0.3, -0.25) is 4.90 Å². The molecule has 0 atom stereocenters. The normalized spacial score (nSPS) is 15.8. The molecule has 2 aromatic rings. The highest BCUT2D eigenvalue weighted by Crippen LogP contribution is 2.16. The third-order valence-corrected chi connectivity index (χ3v) is 3.66. The Morgan fingerprint density at radius 3 is 2.95 bits per heavy atom. The predicted octanol–water partition coefficient (Wildman–Crippen LogP) is 2.49. The Hall–Kier alpha value is -1.87. The van der Waals surface area contributed by atoms with Crippen molar-refractivity contribution in [3.8, 4) is 0 Å². The Balaban J connectivity index is 1.59. The molecule has 3 nitrogen and oxygen atoms in total. The largest absolute Gasteiger partial charge is 0.337 e. The average molecular weight is 253 g/mol. The number of rotatable bonds is 3. The molecular weight excluding hydrogens is 234 g/mol. The Bertz CT molecular complexity index is 569.